The summed E-state index contributed by atoms with van der Waals surface area (Å²) in [7, 11) is 0. The minimum atomic E-state index is -0.0934. The summed E-state index contributed by atoms with van der Waals surface area (Å²) >= 11 is 1.68. The summed E-state index contributed by atoms with van der Waals surface area (Å²) in [4.78, 5) is 18.2. The maximum absolute atomic E-state index is 12.6. The highest BCUT2D eigenvalue weighted by Gasteiger charge is 2.17. The lowest BCUT2D eigenvalue weighted by Gasteiger charge is -2.14. The fourth-order valence-corrected chi connectivity index (χ4v) is 4.13. The van der Waals surface area contributed by atoms with Gasteiger partial charge in [0.15, 0.2) is 5.65 Å². The van der Waals surface area contributed by atoms with Crippen LogP contribution < -0.4 is 5.32 Å². The molecule has 0 aliphatic rings. The quantitative estimate of drug-likeness (QED) is 0.545. The number of amides is 1. The number of fused-ring (bicyclic) bond motifs is 1. The summed E-state index contributed by atoms with van der Waals surface area (Å²) in [5.41, 5.74) is 3.67. The number of carbonyl (C=O) groups excluding carboxylic acids is 1. The Morgan fingerprint density at radius 1 is 1.25 bits per heavy atom. The Balaban J connectivity index is 1.52. The summed E-state index contributed by atoms with van der Waals surface area (Å²) in [5, 5.41) is 15.0. The molecule has 0 bridgehead atoms. The average molecular weight is 395 g/mol. The third-order valence-corrected chi connectivity index (χ3v) is 5.43. The van der Waals surface area contributed by atoms with Gasteiger partial charge in [0.2, 0.25) is 5.91 Å². The van der Waals surface area contributed by atoms with E-state index in [1.54, 1.807) is 22.2 Å². The lowest BCUT2D eigenvalue weighted by atomic mass is 10.1. The Morgan fingerprint density at radius 2 is 2.11 bits per heavy atom. The fourth-order valence-electron chi connectivity index (χ4n) is 3.38. The molecule has 4 aromatic rings. The second kappa shape index (κ2) is 7.55. The molecule has 4 rings (SSSR count). The first kappa shape index (κ1) is 18.4. The van der Waals surface area contributed by atoms with Gasteiger partial charge >= 0.3 is 0 Å². The standard InChI is InChI=1S/C20H22N6OS/c1-13-7-9-25(23-13)11-14(2)22-18(27)12-26-20-19(15(3)24-26)16(6-8-21-20)17-5-4-10-28-17/h4-10,14H,11-12H2,1-3H3,(H,22,27). The summed E-state index contributed by atoms with van der Waals surface area (Å²) < 4.78 is 3.52. The molecule has 0 aromatic carbocycles. The van der Waals surface area contributed by atoms with E-state index in [1.165, 1.54) is 4.88 Å². The van der Waals surface area contributed by atoms with Crippen LogP contribution in [0.2, 0.25) is 0 Å². The smallest absolute Gasteiger partial charge is 0.242 e. The number of nitrogens with one attached hydrogen (secondary N) is 1. The number of thiophene rings is 1. The Morgan fingerprint density at radius 3 is 2.82 bits per heavy atom. The van der Waals surface area contributed by atoms with Gasteiger partial charge in [0.05, 0.1) is 23.3 Å². The minimum absolute atomic E-state index is 0.0376. The van der Waals surface area contributed by atoms with Crippen LogP contribution in [0.15, 0.2) is 42.0 Å². The largest absolute Gasteiger partial charge is 0.350 e. The van der Waals surface area contributed by atoms with Crippen LogP contribution >= 0.6 is 11.3 Å². The Kier molecular flexibility index (Phi) is 4.95. The van der Waals surface area contributed by atoms with Crippen molar-refractivity contribution in [2.75, 3.05) is 0 Å². The van der Waals surface area contributed by atoms with Gasteiger partial charge in [-0.15, -0.1) is 11.3 Å². The van der Waals surface area contributed by atoms with Crippen LogP contribution in [-0.2, 0) is 17.9 Å². The molecule has 144 valence electrons. The topological polar surface area (TPSA) is 77.6 Å². The zero-order valence-electron chi connectivity index (χ0n) is 16.1. The van der Waals surface area contributed by atoms with Crippen molar-refractivity contribution in [3.05, 3.63) is 53.4 Å². The number of aryl methyl sites for hydroxylation is 2. The molecule has 0 aliphatic heterocycles. The first-order valence-electron chi connectivity index (χ1n) is 9.16. The maximum atomic E-state index is 12.6. The first-order valence-corrected chi connectivity index (χ1v) is 10.0. The van der Waals surface area contributed by atoms with E-state index in [2.05, 4.69) is 31.9 Å². The summed E-state index contributed by atoms with van der Waals surface area (Å²) in [6.45, 7) is 6.63. The molecule has 7 nitrogen and oxygen atoms in total. The maximum Gasteiger partial charge on any atom is 0.242 e. The molecule has 0 aliphatic carbocycles. The summed E-state index contributed by atoms with van der Waals surface area (Å²) in [6, 6.07) is 8.03. The van der Waals surface area contributed by atoms with Crippen molar-refractivity contribution in [3.8, 4) is 10.4 Å². The SMILES string of the molecule is Cc1ccn(CC(C)NC(=O)Cn2nc(C)c3c(-c4cccs4)ccnc32)n1. The summed E-state index contributed by atoms with van der Waals surface area (Å²) in [6.07, 6.45) is 3.69. The van der Waals surface area contributed by atoms with E-state index in [1.807, 2.05) is 49.8 Å². The Hall–Kier alpha value is -3.00. The molecule has 1 atom stereocenters. The summed E-state index contributed by atoms with van der Waals surface area (Å²) in [5.74, 6) is -0.0934. The Bertz CT molecular complexity index is 1110. The molecule has 4 aromatic heterocycles. The number of hydrogen-bond donors (Lipinski definition) is 1. The van der Waals surface area contributed by atoms with Crippen molar-refractivity contribution in [2.45, 2.75) is 39.9 Å². The first-order chi connectivity index (χ1) is 13.5. The normalized spacial score (nSPS) is 12.4. The second-order valence-electron chi connectivity index (χ2n) is 6.93. The zero-order chi connectivity index (χ0) is 19.7. The van der Waals surface area contributed by atoms with Crippen LogP contribution in [0.1, 0.15) is 18.3 Å². The average Bonchev–Trinajstić information content (AvgIpc) is 3.37. The molecule has 1 unspecified atom stereocenters. The van der Waals surface area contributed by atoms with Crippen molar-refractivity contribution in [1.82, 2.24) is 29.9 Å². The number of rotatable bonds is 6. The van der Waals surface area contributed by atoms with Crippen LogP contribution in [0.3, 0.4) is 0 Å². The molecular weight excluding hydrogens is 372 g/mol. The number of aromatic nitrogens is 5. The predicted molar refractivity (Wildman–Crippen MR) is 110 cm³/mol. The highest BCUT2D eigenvalue weighted by Crippen LogP contribution is 2.32. The molecule has 0 fully saturated rings. The molecule has 0 saturated carbocycles. The van der Waals surface area contributed by atoms with Gasteiger partial charge in [-0.3, -0.25) is 9.48 Å². The second-order valence-corrected chi connectivity index (χ2v) is 7.87. The molecule has 0 saturated heterocycles. The third-order valence-electron chi connectivity index (χ3n) is 4.53. The molecular formula is C20H22N6OS. The van der Waals surface area contributed by atoms with Gasteiger partial charge < -0.3 is 5.32 Å². The van der Waals surface area contributed by atoms with Crippen LogP contribution in [0.4, 0.5) is 0 Å². The van der Waals surface area contributed by atoms with Gasteiger partial charge in [-0.05, 0) is 44.4 Å². The molecule has 0 spiro atoms. The number of carbonyl (C=O) groups is 1. The lowest BCUT2D eigenvalue weighted by Crippen LogP contribution is -2.38. The number of pyridine rings is 1. The minimum Gasteiger partial charge on any atom is -0.350 e. The number of nitrogens with zero attached hydrogens (tertiary/aromatic N) is 5. The zero-order valence-corrected chi connectivity index (χ0v) is 16.9. The van der Waals surface area contributed by atoms with E-state index >= 15 is 0 Å². The fraction of sp³-hybridized carbons (Fsp3) is 0.300. The van der Waals surface area contributed by atoms with Gasteiger partial charge in [-0.1, -0.05) is 6.07 Å². The van der Waals surface area contributed by atoms with Crippen LogP contribution in [0.5, 0.6) is 0 Å². The monoisotopic (exact) mass is 394 g/mol. The molecule has 28 heavy (non-hydrogen) atoms. The number of hydrogen-bond acceptors (Lipinski definition) is 5. The molecule has 1 N–H and O–H groups in total. The van der Waals surface area contributed by atoms with Crippen LogP contribution in [-0.4, -0.2) is 36.5 Å². The van der Waals surface area contributed by atoms with Crippen LogP contribution in [0, 0.1) is 13.8 Å². The molecule has 0 radical (unpaired) electrons. The predicted octanol–water partition coefficient (Wildman–Crippen LogP) is 3.18. The van der Waals surface area contributed by atoms with E-state index in [4.69, 9.17) is 0 Å². The highest BCUT2D eigenvalue weighted by molar-refractivity contribution is 7.13. The third kappa shape index (κ3) is 3.68. The highest BCUT2D eigenvalue weighted by atomic mass is 32.1. The van der Waals surface area contributed by atoms with Crippen molar-refractivity contribution in [2.24, 2.45) is 0 Å². The van der Waals surface area contributed by atoms with Gasteiger partial charge in [-0.25, -0.2) is 9.67 Å². The van der Waals surface area contributed by atoms with Gasteiger partial charge in [0, 0.05) is 28.9 Å². The van der Waals surface area contributed by atoms with Crippen molar-refractivity contribution >= 4 is 28.3 Å². The molecule has 4 heterocycles. The van der Waals surface area contributed by atoms with E-state index in [0.29, 0.717) is 6.54 Å². The van der Waals surface area contributed by atoms with E-state index < -0.39 is 0 Å². The van der Waals surface area contributed by atoms with E-state index in [0.717, 1.165) is 28.0 Å². The van der Waals surface area contributed by atoms with E-state index in [9.17, 15) is 4.79 Å². The van der Waals surface area contributed by atoms with Gasteiger partial charge in [-0.2, -0.15) is 10.2 Å². The van der Waals surface area contributed by atoms with Crippen LogP contribution in [0.25, 0.3) is 21.5 Å². The van der Waals surface area contributed by atoms with Gasteiger partial charge in [0.25, 0.3) is 0 Å². The van der Waals surface area contributed by atoms with Crippen molar-refractivity contribution in [3.63, 3.8) is 0 Å². The van der Waals surface area contributed by atoms with Gasteiger partial charge in [0.1, 0.15) is 6.54 Å². The Labute approximate surface area is 167 Å². The van der Waals surface area contributed by atoms with Crippen molar-refractivity contribution in [1.29, 1.82) is 0 Å². The van der Waals surface area contributed by atoms with E-state index in [-0.39, 0.29) is 18.5 Å². The lowest BCUT2D eigenvalue weighted by molar-refractivity contribution is -0.122. The molecule has 8 heteroatoms. The molecule has 1 amide bonds. The van der Waals surface area contributed by atoms with Crippen molar-refractivity contribution < 1.29 is 4.79 Å².